The standard InChI is InChI=1S/C13H21N3S/c1-11-9-16(5-6-17-11)10-13-4-3-12(7-14-2)8-15-13/h3-4,8,11,14H,5-7,9-10H2,1-2H3. The summed E-state index contributed by atoms with van der Waals surface area (Å²) in [6.07, 6.45) is 1.98. The summed E-state index contributed by atoms with van der Waals surface area (Å²) < 4.78 is 0. The molecule has 0 saturated carbocycles. The summed E-state index contributed by atoms with van der Waals surface area (Å²) in [7, 11) is 1.96. The Morgan fingerprint density at radius 1 is 1.53 bits per heavy atom. The van der Waals surface area contributed by atoms with Gasteiger partial charge in [0.25, 0.3) is 0 Å². The van der Waals surface area contributed by atoms with E-state index < -0.39 is 0 Å². The molecule has 1 aliphatic heterocycles. The second-order valence-electron chi connectivity index (χ2n) is 4.60. The molecule has 3 nitrogen and oxygen atoms in total. The first-order valence-electron chi connectivity index (χ1n) is 6.20. The van der Waals surface area contributed by atoms with Crippen molar-refractivity contribution in [2.45, 2.75) is 25.3 Å². The predicted octanol–water partition coefficient (Wildman–Crippen LogP) is 1.74. The normalized spacial score (nSPS) is 21.6. The van der Waals surface area contributed by atoms with E-state index in [-0.39, 0.29) is 0 Å². The van der Waals surface area contributed by atoms with Crippen LogP contribution in [0.5, 0.6) is 0 Å². The van der Waals surface area contributed by atoms with Gasteiger partial charge < -0.3 is 5.32 Å². The second kappa shape index (κ2) is 6.38. The van der Waals surface area contributed by atoms with Crippen LogP contribution in [-0.4, -0.2) is 41.0 Å². The van der Waals surface area contributed by atoms with Crippen LogP contribution in [-0.2, 0) is 13.1 Å². The minimum atomic E-state index is 0.757. The van der Waals surface area contributed by atoms with E-state index in [0.717, 1.165) is 18.3 Å². The summed E-state index contributed by atoms with van der Waals surface area (Å²) in [4.78, 5) is 7.03. The number of nitrogens with zero attached hydrogens (tertiary/aromatic N) is 2. The number of nitrogens with one attached hydrogen (secondary N) is 1. The largest absolute Gasteiger partial charge is 0.316 e. The highest BCUT2D eigenvalue weighted by atomic mass is 32.2. The van der Waals surface area contributed by atoms with Gasteiger partial charge in [-0.3, -0.25) is 9.88 Å². The van der Waals surface area contributed by atoms with Gasteiger partial charge >= 0.3 is 0 Å². The monoisotopic (exact) mass is 251 g/mol. The molecule has 0 radical (unpaired) electrons. The Bertz CT molecular complexity index is 339. The fraction of sp³-hybridized carbons (Fsp3) is 0.615. The van der Waals surface area contributed by atoms with E-state index in [4.69, 9.17) is 0 Å². The Morgan fingerprint density at radius 3 is 3.06 bits per heavy atom. The maximum atomic E-state index is 4.53. The van der Waals surface area contributed by atoms with Gasteiger partial charge in [0.05, 0.1) is 5.69 Å². The summed E-state index contributed by atoms with van der Waals surface area (Å²) in [5, 5.41) is 3.89. The van der Waals surface area contributed by atoms with Crippen molar-refractivity contribution in [2.24, 2.45) is 0 Å². The van der Waals surface area contributed by atoms with Crippen LogP contribution in [0.25, 0.3) is 0 Å². The summed E-state index contributed by atoms with van der Waals surface area (Å²) in [5.41, 5.74) is 2.43. The number of aromatic nitrogens is 1. The van der Waals surface area contributed by atoms with Gasteiger partial charge in [0.2, 0.25) is 0 Å². The molecule has 0 amide bonds. The van der Waals surface area contributed by atoms with Crippen LogP contribution in [0, 0.1) is 0 Å². The van der Waals surface area contributed by atoms with E-state index in [0.29, 0.717) is 0 Å². The molecule has 2 heterocycles. The first kappa shape index (κ1) is 12.9. The molecule has 1 saturated heterocycles. The van der Waals surface area contributed by atoms with Crippen LogP contribution in [0.15, 0.2) is 18.3 Å². The third-order valence-corrected chi connectivity index (χ3v) is 4.11. The van der Waals surface area contributed by atoms with Gasteiger partial charge in [-0.2, -0.15) is 11.8 Å². The molecule has 0 aliphatic carbocycles. The molecule has 0 spiro atoms. The van der Waals surface area contributed by atoms with Gasteiger partial charge in [-0.05, 0) is 18.7 Å². The number of thioether (sulfide) groups is 1. The Hall–Kier alpha value is -0.580. The quantitative estimate of drug-likeness (QED) is 0.882. The van der Waals surface area contributed by atoms with Crippen LogP contribution in [0.4, 0.5) is 0 Å². The Labute approximate surface area is 108 Å². The fourth-order valence-corrected chi connectivity index (χ4v) is 3.20. The molecule has 0 bridgehead atoms. The molecule has 1 aliphatic rings. The Kier molecular flexibility index (Phi) is 4.83. The summed E-state index contributed by atoms with van der Waals surface area (Å²) in [6, 6.07) is 4.32. The highest BCUT2D eigenvalue weighted by Gasteiger charge is 2.16. The van der Waals surface area contributed by atoms with Crippen LogP contribution < -0.4 is 5.32 Å². The minimum absolute atomic E-state index is 0.757. The molecule has 1 unspecified atom stereocenters. The molecule has 0 aromatic carbocycles. The summed E-state index contributed by atoms with van der Waals surface area (Å²) in [6.45, 7) is 6.56. The van der Waals surface area contributed by atoms with Crippen molar-refractivity contribution in [1.29, 1.82) is 0 Å². The van der Waals surface area contributed by atoms with Crippen molar-refractivity contribution >= 4 is 11.8 Å². The van der Waals surface area contributed by atoms with Gasteiger partial charge in [0, 0.05) is 43.4 Å². The first-order chi connectivity index (χ1) is 8.28. The van der Waals surface area contributed by atoms with Crippen molar-refractivity contribution in [3.63, 3.8) is 0 Å². The first-order valence-corrected chi connectivity index (χ1v) is 7.25. The molecular formula is C13H21N3S. The van der Waals surface area contributed by atoms with Crippen LogP contribution in [0.3, 0.4) is 0 Å². The maximum absolute atomic E-state index is 4.53. The van der Waals surface area contributed by atoms with Gasteiger partial charge in [0.1, 0.15) is 0 Å². The molecule has 17 heavy (non-hydrogen) atoms. The zero-order valence-electron chi connectivity index (χ0n) is 10.6. The zero-order chi connectivity index (χ0) is 12.1. The molecule has 1 atom stereocenters. The average molecular weight is 251 g/mol. The van der Waals surface area contributed by atoms with Gasteiger partial charge in [-0.15, -0.1) is 0 Å². The third-order valence-electron chi connectivity index (χ3n) is 2.98. The SMILES string of the molecule is CNCc1ccc(CN2CCSC(C)C2)nc1. The minimum Gasteiger partial charge on any atom is -0.316 e. The molecule has 1 N–H and O–H groups in total. The zero-order valence-corrected chi connectivity index (χ0v) is 11.5. The lowest BCUT2D eigenvalue weighted by atomic mass is 10.2. The van der Waals surface area contributed by atoms with E-state index >= 15 is 0 Å². The van der Waals surface area contributed by atoms with Gasteiger partial charge in [-0.25, -0.2) is 0 Å². The second-order valence-corrected chi connectivity index (χ2v) is 6.15. The maximum Gasteiger partial charge on any atom is 0.0544 e. The van der Waals surface area contributed by atoms with E-state index in [1.54, 1.807) is 0 Å². The van der Waals surface area contributed by atoms with E-state index in [1.165, 1.54) is 30.1 Å². The molecule has 1 aromatic rings. The molecule has 1 fully saturated rings. The van der Waals surface area contributed by atoms with Gasteiger partial charge in [-0.1, -0.05) is 13.0 Å². The predicted molar refractivity (Wildman–Crippen MR) is 74.2 cm³/mol. The van der Waals surface area contributed by atoms with Crippen molar-refractivity contribution < 1.29 is 0 Å². The number of hydrogen-bond acceptors (Lipinski definition) is 4. The van der Waals surface area contributed by atoms with E-state index in [1.807, 2.05) is 13.2 Å². The number of pyridine rings is 1. The number of rotatable bonds is 4. The Balaban J connectivity index is 1.89. The topological polar surface area (TPSA) is 28.2 Å². The molecule has 94 valence electrons. The van der Waals surface area contributed by atoms with Gasteiger partial charge in [0.15, 0.2) is 0 Å². The summed E-state index contributed by atoms with van der Waals surface area (Å²) >= 11 is 2.07. The van der Waals surface area contributed by atoms with Crippen LogP contribution in [0.2, 0.25) is 0 Å². The highest BCUT2D eigenvalue weighted by Crippen LogP contribution is 2.18. The van der Waals surface area contributed by atoms with Crippen molar-refractivity contribution in [1.82, 2.24) is 15.2 Å². The molecule has 1 aromatic heterocycles. The third kappa shape index (κ3) is 3.98. The fourth-order valence-electron chi connectivity index (χ4n) is 2.12. The molecular weight excluding hydrogens is 230 g/mol. The van der Waals surface area contributed by atoms with Crippen molar-refractivity contribution in [3.8, 4) is 0 Å². The summed E-state index contributed by atoms with van der Waals surface area (Å²) in [5.74, 6) is 1.25. The van der Waals surface area contributed by atoms with E-state index in [9.17, 15) is 0 Å². The smallest absolute Gasteiger partial charge is 0.0544 e. The Morgan fingerprint density at radius 2 is 2.41 bits per heavy atom. The van der Waals surface area contributed by atoms with E-state index in [2.05, 4.69) is 46.0 Å². The van der Waals surface area contributed by atoms with Crippen molar-refractivity contribution in [3.05, 3.63) is 29.6 Å². The molecule has 4 heteroatoms. The lowest BCUT2D eigenvalue weighted by molar-refractivity contribution is 0.275. The highest BCUT2D eigenvalue weighted by molar-refractivity contribution is 7.99. The van der Waals surface area contributed by atoms with Crippen molar-refractivity contribution in [2.75, 3.05) is 25.9 Å². The number of hydrogen-bond donors (Lipinski definition) is 1. The lowest BCUT2D eigenvalue weighted by Gasteiger charge is -2.30. The van der Waals surface area contributed by atoms with Crippen LogP contribution in [0.1, 0.15) is 18.2 Å². The molecule has 2 rings (SSSR count). The van der Waals surface area contributed by atoms with Crippen LogP contribution >= 0.6 is 11.8 Å². The lowest BCUT2D eigenvalue weighted by Crippen LogP contribution is -2.36. The average Bonchev–Trinajstić information content (AvgIpc) is 2.32.